The summed E-state index contributed by atoms with van der Waals surface area (Å²) in [5.41, 5.74) is -0.344. The van der Waals surface area contributed by atoms with Gasteiger partial charge in [-0.25, -0.2) is 0 Å². The van der Waals surface area contributed by atoms with Crippen LogP contribution < -0.4 is 14.2 Å². The summed E-state index contributed by atoms with van der Waals surface area (Å²) in [7, 11) is 2.93. The van der Waals surface area contributed by atoms with Crippen LogP contribution in [0.4, 0.5) is 0 Å². The molecule has 2 heterocycles. The molecule has 0 amide bonds. The number of methoxy groups -OCH3 is 2. The van der Waals surface area contributed by atoms with Crippen LogP contribution in [0.25, 0.3) is 11.0 Å². The molecule has 0 unspecified atom stereocenters. The number of Topliss-reactive ketones (excluding diaryl/α,β-unsaturated/α-hetero) is 2. The van der Waals surface area contributed by atoms with Crippen LogP contribution in [0, 0.1) is 5.92 Å². The lowest BCUT2D eigenvalue weighted by Crippen LogP contribution is -2.47. The highest BCUT2D eigenvalue weighted by Gasteiger charge is 2.61. The van der Waals surface area contributed by atoms with E-state index in [0.29, 0.717) is 28.0 Å². The van der Waals surface area contributed by atoms with Crippen molar-refractivity contribution in [3.05, 3.63) is 52.2 Å². The molecule has 7 heteroatoms. The van der Waals surface area contributed by atoms with Gasteiger partial charge in [0.25, 0.3) is 0 Å². The van der Waals surface area contributed by atoms with Gasteiger partial charge < -0.3 is 18.6 Å². The van der Waals surface area contributed by atoms with E-state index in [4.69, 9.17) is 30.2 Å². The first-order valence-electron chi connectivity index (χ1n) is 9.17. The summed E-state index contributed by atoms with van der Waals surface area (Å²) >= 11 is 6.48. The van der Waals surface area contributed by atoms with E-state index in [0.717, 1.165) is 0 Å². The molecule has 1 aliphatic carbocycles. The monoisotopic (exact) mass is 412 g/mol. The average Bonchev–Trinajstić information content (AvgIpc) is 3.25. The van der Waals surface area contributed by atoms with Gasteiger partial charge in [-0.1, -0.05) is 36.7 Å². The van der Waals surface area contributed by atoms with E-state index in [1.165, 1.54) is 14.2 Å². The third-order valence-electron chi connectivity index (χ3n) is 5.82. The predicted octanol–water partition coefficient (Wildman–Crippen LogP) is 4.80. The van der Waals surface area contributed by atoms with Crippen molar-refractivity contribution >= 4 is 34.1 Å². The molecule has 6 nitrogen and oxygen atoms in total. The Labute approximate surface area is 171 Å². The molecule has 0 saturated carbocycles. The van der Waals surface area contributed by atoms with E-state index in [9.17, 15) is 9.59 Å². The van der Waals surface area contributed by atoms with Crippen molar-refractivity contribution in [2.45, 2.75) is 18.9 Å². The standard InChI is InChI=1S/C22H17ClO6/c1-10-8-12(24)16-11-6-4-5-7-13(11)28-21(16)22(10)20(25)17-14(26-2)9-15(27-3)18(23)19(17)29-22/h4-7,9-10H,8H2,1-3H3/t10-,22-/m1/s1. The molecule has 148 valence electrons. The second kappa shape index (κ2) is 6.00. The fourth-order valence-electron chi connectivity index (χ4n) is 4.41. The Bertz CT molecular complexity index is 1210. The van der Waals surface area contributed by atoms with Gasteiger partial charge in [-0.05, 0) is 6.07 Å². The minimum Gasteiger partial charge on any atom is -0.496 e. The van der Waals surface area contributed by atoms with Gasteiger partial charge in [0.2, 0.25) is 11.4 Å². The summed E-state index contributed by atoms with van der Waals surface area (Å²) in [6, 6.07) is 8.77. The van der Waals surface area contributed by atoms with Crippen LogP contribution in [-0.4, -0.2) is 25.8 Å². The van der Waals surface area contributed by atoms with Crippen LogP contribution in [0.3, 0.4) is 0 Å². The summed E-state index contributed by atoms with van der Waals surface area (Å²) < 4.78 is 23.1. The second-order valence-electron chi connectivity index (χ2n) is 7.30. The lowest BCUT2D eigenvalue weighted by atomic mass is 9.72. The Morgan fingerprint density at radius 1 is 1.10 bits per heavy atom. The van der Waals surface area contributed by atoms with Crippen molar-refractivity contribution in [2.24, 2.45) is 5.92 Å². The zero-order valence-electron chi connectivity index (χ0n) is 16.0. The van der Waals surface area contributed by atoms with Gasteiger partial charge in [0.05, 0.1) is 19.8 Å². The molecule has 0 fully saturated rings. The zero-order chi connectivity index (χ0) is 20.5. The van der Waals surface area contributed by atoms with Crippen LogP contribution in [-0.2, 0) is 5.60 Å². The van der Waals surface area contributed by atoms with Gasteiger partial charge in [0.1, 0.15) is 27.7 Å². The Balaban J connectivity index is 1.83. The molecular weight excluding hydrogens is 396 g/mol. The van der Waals surface area contributed by atoms with Gasteiger partial charge in [-0.15, -0.1) is 0 Å². The van der Waals surface area contributed by atoms with Crippen molar-refractivity contribution in [2.75, 3.05) is 14.2 Å². The summed E-state index contributed by atoms with van der Waals surface area (Å²) in [6.07, 6.45) is 0.146. The highest BCUT2D eigenvalue weighted by atomic mass is 35.5. The minimum absolute atomic E-state index is 0.0777. The Kier molecular flexibility index (Phi) is 3.74. The van der Waals surface area contributed by atoms with E-state index in [1.807, 2.05) is 18.2 Å². The summed E-state index contributed by atoms with van der Waals surface area (Å²) in [6.45, 7) is 1.80. The van der Waals surface area contributed by atoms with Crippen LogP contribution in [0.15, 0.2) is 34.7 Å². The summed E-state index contributed by atoms with van der Waals surface area (Å²) in [5.74, 6) is 0.151. The number of para-hydroxylation sites is 1. The summed E-state index contributed by atoms with van der Waals surface area (Å²) in [5, 5.41) is 0.844. The van der Waals surface area contributed by atoms with E-state index in [1.54, 1.807) is 19.1 Å². The molecule has 5 rings (SSSR count). The molecule has 2 atom stereocenters. The minimum atomic E-state index is -1.49. The van der Waals surface area contributed by atoms with E-state index >= 15 is 0 Å². The van der Waals surface area contributed by atoms with Crippen LogP contribution in [0.1, 0.15) is 39.8 Å². The fourth-order valence-corrected chi connectivity index (χ4v) is 4.67. The lowest BCUT2D eigenvalue weighted by molar-refractivity contribution is 0.0101. The van der Waals surface area contributed by atoms with Gasteiger partial charge in [-0.3, -0.25) is 9.59 Å². The topological polar surface area (TPSA) is 75.0 Å². The van der Waals surface area contributed by atoms with Gasteiger partial charge >= 0.3 is 0 Å². The van der Waals surface area contributed by atoms with Crippen LogP contribution in [0.2, 0.25) is 5.02 Å². The Morgan fingerprint density at radius 3 is 2.55 bits per heavy atom. The van der Waals surface area contributed by atoms with E-state index in [-0.39, 0.29) is 40.1 Å². The first-order chi connectivity index (χ1) is 13.9. The zero-order valence-corrected chi connectivity index (χ0v) is 16.8. The number of carbonyl (C=O) groups is 2. The number of carbonyl (C=O) groups excluding carboxylic acids is 2. The quantitative estimate of drug-likeness (QED) is 0.602. The molecule has 29 heavy (non-hydrogen) atoms. The molecule has 1 aliphatic heterocycles. The number of ether oxygens (including phenoxy) is 3. The third-order valence-corrected chi connectivity index (χ3v) is 6.17. The average molecular weight is 413 g/mol. The highest BCUT2D eigenvalue weighted by molar-refractivity contribution is 6.35. The summed E-state index contributed by atoms with van der Waals surface area (Å²) in [4.78, 5) is 26.7. The van der Waals surface area contributed by atoms with Crippen LogP contribution in [0.5, 0.6) is 17.2 Å². The Morgan fingerprint density at radius 2 is 1.83 bits per heavy atom. The van der Waals surface area contributed by atoms with Gasteiger partial charge in [-0.2, -0.15) is 0 Å². The smallest absolute Gasteiger partial charge is 0.232 e. The third kappa shape index (κ3) is 2.12. The maximum atomic E-state index is 13.8. The molecule has 0 saturated heterocycles. The highest BCUT2D eigenvalue weighted by Crippen LogP contribution is 2.57. The SMILES string of the molecule is COc1cc(OC)c2c(c1Cl)O[C@]1(C2=O)c2oc3ccccc3c2C(=O)C[C@H]1C. The molecular formula is C22H17ClO6. The Hall–Kier alpha value is -2.99. The molecule has 1 aromatic heterocycles. The van der Waals surface area contributed by atoms with Crippen molar-refractivity contribution < 1.29 is 28.2 Å². The lowest BCUT2D eigenvalue weighted by Gasteiger charge is -2.35. The van der Waals surface area contributed by atoms with Gasteiger partial charge in [0.15, 0.2) is 17.3 Å². The predicted molar refractivity (Wildman–Crippen MR) is 106 cm³/mol. The number of fused-ring (bicyclic) bond motifs is 5. The largest absolute Gasteiger partial charge is 0.496 e. The molecule has 0 N–H and O–H groups in total. The number of hydrogen-bond acceptors (Lipinski definition) is 6. The molecule has 1 spiro atoms. The van der Waals surface area contributed by atoms with Crippen molar-refractivity contribution in [1.29, 1.82) is 0 Å². The fraction of sp³-hybridized carbons (Fsp3) is 0.273. The first-order valence-corrected chi connectivity index (χ1v) is 9.55. The number of halogens is 1. The normalized spacial score (nSPS) is 22.6. The van der Waals surface area contributed by atoms with E-state index < -0.39 is 11.5 Å². The molecule has 0 radical (unpaired) electrons. The number of benzene rings is 2. The molecule has 0 bridgehead atoms. The maximum absolute atomic E-state index is 13.8. The number of hydrogen-bond donors (Lipinski definition) is 0. The molecule has 2 aromatic carbocycles. The molecule has 2 aliphatic rings. The second-order valence-corrected chi connectivity index (χ2v) is 7.67. The number of ketones is 2. The first kappa shape index (κ1) is 18.1. The van der Waals surface area contributed by atoms with E-state index in [2.05, 4.69) is 0 Å². The number of furan rings is 1. The molecule has 3 aromatic rings. The van der Waals surface area contributed by atoms with Crippen molar-refractivity contribution in [3.8, 4) is 17.2 Å². The maximum Gasteiger partial charge on any atom is 0.232 e. The van der Waals surface area contributed by atoms with Crippen LogP contribution >= 0.6 is 11.6 Å². The number of rotatable bonds is 2. The van der Waals surface area contributed by atoms with Crippen molar-refractivity contribution in [1.82, 2.24) is 0 Å². The van der Waals surface area contributed by atoms with Crippen molar-refractivity contribution in [3.63, 3.8) is 0 Å². The van der Waals surface area contributed by atoms with Gasteiger partial charge in [0, 0.05) is 23.8 Å².